The summed E-state index contributed by atoms with van der Waals surface area (Å²) >= 11 is 1.68. The molecule has 0 radical (unpaired) electrons. The average molecular weight is 392 g/mol. The van der Waals surface area contributed by atoms with Gasteiger partial charge in [0.2, 0.25) is 5.91 Å². The highest BCUT2D eigenvalue weighted by Crippen LogP contribution is 2.34. The summed E-state index contributed by atoms with van der Waals surface area (Å²) in [6, 6.07) is 18.4. The zero-order chi connectivity index (χ0) is 19.6. The first kappa shape index (κ1) is 18.8. The number of thioether (sulfide) groups is 1. The van der Waals surface area contributed by atoms with E-state index in [4.69, 9.17) is 4.99 Å². The molecule has 1 saturated heterocycles. The third-order valence-corrected chi connectivity index (χ3v) is 6.54. The van der Waals surface area contributed by atoms with Gasteiger partial charge in [0, 0.05) is 29.3 Å². The van der Waals surface area contributed by atoms with Crippen molar-refractivity contribution in [2.45, 2.75) is 38.8 Å². The number of H-pyrrole nitrogens is 1. The van der Waals surface area contributed by atoms with E-state index in [-0.39, 0.29) is 11.4 Å². The Bertz CT molecular complexity index is 1010. The second kappa shape index (κ2) is 7.84. The molecular weight excluding hydrogens is 366 g/mol. The molecule has 4 rings (SSSR count). The molecule has 3 aromatic rings. The number of aromatic amines is 1. The summed E-state index contributed by atoms with van der Waals surface area (Å²) in [6.45, 7) is 4.84. The highest BCUT2D eigenvalue weighted by atomic mass is 32.2. The SMILES string of the molecule is CC1(C)CSC(=NCc2ccccc2)N1C(=O)CCc1c[nH]c2ccccc12. The van der Waals surface area contributed by atoms with E-state index in [0.29, 0.717) is 13.0 Å². The van der Waals surface area contributed by atoms with Crippen molar-refractivity contribution in [3.63, 3.8) is 0 Å². The van der Waals surface area contributed by atoms with Gasteiger partial charge >= 0.3 is 0 Å². The van der Waals surface area contributed by atoms with Gasteiger partial charge in [-0.25, -0.2) is 0 Å². The van der Waals surface area contributed by atoms with E-state index in [1.807, 2.05) is 41.4 Å². The van der Waals surface area contributed by atoms with Crippen LogP contribution in [-0.4, -0.2) is 32.3 Å². The van der Waals surface area contributed by atoms with E-state index in [2.05, 4.69) is 43.1 Å². The van der Waals surface area contributed by atoms with Crippen molar-refractivity contribution in [3.05, 3.63) is 71.9 Å². The molecule has 1 fully saturated rings. The van der Waals surface area contributed by atoms with Crippen molar-refractivity contribution in [2.75, 3.05) is 5.75 Å². The van der Waals surface area contributed by atoms with E-state index in [0.717, 1.165) is 28.4 Å². The van der Waals surface area contributed by atoms with E-state index >= 15 is 0 Å². The van der Waals surface area contributed by atoms with Gasteiger partial charge in [-0.05, 0) is 37.5 Å². The van der Waals surface area contributed by atoms with Gasteiger partial charge in [-0.2, -0.15) is 0 Å². The number of carbonyl (C=O) groups excluding carboxylic acids is 1. The topological polar surface area (TPSA) is 48.5 Å². The third kappa shape index (κ3) is 3.85. The van der Waals surface area contributed by atoms with Crippen LogP contribution in [0.2, 0.25) is 0 Å². The van der Waals surface area contributed by atoms with Gasteiger partial charge in [-0.1, -0.05) is 60.3 Å². The minimum atomic E-state index is -0.211. The maximum atomic E-state index is 13.1. The molecule has 0 atom stereocenters. The summed E-state index contributed by atoms with van der Waals surface area (Å²) in [6.07, 6.45) is 3.23. The minimum Gasteiger partial charge on any atom is -0.361 e. The molecule has 2 heterocycles. The van der Waals surface area contributed by atoms with Crippen LogP contribution in [0.5, 0.6) is 0 Å². The van der Waals surface area contributed by atoms with Crippen molar-refractivity contribution < 1.29 is 4.79 Å². The first-order valence-electron chi connectivity index (χ1n) is 9.64. The first-order valence-corrected chi connectivity index (χ1v) is 10.6. The second-order valence-corrected chi connectivity index (χ2v) is 8.72. The Balaban J connectivity index is 1.48. The zero-order valence-electron chi connectivity index (χ0n) is 16.3. The fourth-order valence-electron chi connectivity index (χ4n) is 3.62. The molecule has 0 aliphatic carbocycles. The lowest BCUT2D eigenvalue weighted by atomic mass is 10.0. The Morgan fingerprint density at radius 3 is 2.71 bits per heavy atom. The van der Waals surface area contributed by atoms with E-state index < -0.39 is 0 Å². The molecule has 5 heteroatoms. The van der Waals surface area contributed by atoms with Crippen LogP contribution in [0.1, 0.15) is 31.4 Å². The van der Waals surface area contributed by atoms with Crippen LogP contribution in [-0.2, 0) is 17.8 Å². The lowest BCUT2D eigenvalue weighted by Crippen LogP contribution is -2.46. The van der Waals surface area contributed by atoms with Crippen LogP contribution in [0, 0.1) is 0 Å². The summed E-state index contributed by atoms with van der Waals surface area (Å²) in [7, 11) is 0. The Hall–Kier alpha value is -2.53. The Labute approximate surface area is 170 Å². The molecular formula is C23H25N3OS. The van der Waals surface area contributed by atoms with Crippen molar-refractivity contribution in [3.8, 4) is 0 Å². The largest absolute Gasteiger partial charge is 0.361 e. The van der Waals surface area contributed by atoms with Gasteiger partial charge < -0.3 is 4.98 Å². The molecule has 4 nitrogen and oxygen atoms in total. The van der Waals surface area contributed by atoms with E-state index in [9.17, 15) is 4.79 Å². The highest BCUT2D eigenvalue weighted by molar-refractivity contribution is 8.14. The lowest BCUT2D eigenvalue weighted by Gasteiger charge is -2.30. The van der Waals surface area contributed by atoms with Gasteiger partial charge in [-0.15, -0.1) is 0 Å². The van der Waals surface area contributed by atoms with Gasteiger partial charge in [-0.3, -0.25) is 14.7 Å². The van der Waals surface area contributed by atoms with Crippen LogP contribution < -0.4 is 0 Å². The van der Waals surface area contributed by atoms with Crippen molar-refractivity contribution in [2.24, 2.45) is 4.99 Å². The predicted molar refractivity (Wildman–Crippen MR) is 118 cm³/mol. The maximum absolute atomic E-state index is 13.1. The lowest BCUT2D eigenvalue weighted by molar-refractivity contribution is -0.130. The number of aryl methyl sites for hydroxylation is 1. The summed E-state index contributed by atoms with van der Waals surface area (Å²) < 4.78 is 0. The van der Waals surface area contributed by atoms with Crippen molar-refractivity contribution >= 4 is 33.7 Å². The molecule has 2 aromatic carbocycles. The molecule has 0 bridgehead atoms. The number of amides is 1. The Kier molecular flexibility index (Phi) is 5.27. The van der Waals surface area contributed by atoms with Gasteiger partial charge in [0.05, 0.1) is 12.1 Å². The molecule has 1 aromatic heterocycles. The quantitative estimate of drug-likeness (QED) is 0.664. The number of hydrogen-bond donors (Lipinski definition) is 1. The van der Waals surface area contributed by atoms with E-state index in [1.165, 1.54) is 10.9 Å². The number of aromatic nitrogens is 1. The number of nitrogens with zero attached hydrogens (tertiary/aromatic N) is 2. The molecule has 1 aliphatic rings. The number of aliphatic imine (C=N–C) groups is 1. The first-order chi connectivity index (χ1) is 13.5. The molecule has 1 amide bonds. The number of amidine groups is 1. The average Bonchev–Trinajstić information content (AvgIpc) is 3.25. The number of fused-ring (bicyclic) bond motifs is 1. The fraction of sp³-hybridized carbons (Fsp3) is 0.304. The van der Waals surface area contributed by atoms with Gasteiger partial charge in [0.15, 0.2) is 5.17 Å². The van der Waals surface area contributed by atoms with Crippen LogP contribution in [0.4, 0.5) is 0 Å². The molecule has 144 valence electrons. The number of para-hydroxylation sites is 1. The molecule has 1 aliphatic heterocycles. The molecule has 28 heavy (non-hydrogen) atoms. The number of benzene rings is 2. The maximum Gasteiger partial charge on any atom is 0.229 e. The van der Waals surface area contributed by atoms with Gasteiger partial charge in [0.25, 0.3) is 0 Å². The van der Waals surface area contributed by atoms with Crippen LogP contribution in [0.15, 0.2) is 65.8 Å². The van der Waals surface area contributed by atoms with Crippen LogP contribution in [0.3, 0.4) is 0 Å². The van der Waals surface area contributed by atoms with E-state index in [1.54, 1.807) is 11.8 Å². The Morgan fingerprint density at radius 1 is 1.14 bits per heavy atom. The Morgan fingerprint density at radius 2 is 1.89 bits per heavy atom. The smallest absolute Gasteiger partial charge is 0.229 e. The van der Waals surface area contributed by atoms with Crippen molar-refractivity contribution in [1.29, 1.82) is 0 Å². The molecule has 1 N–H and O–H groups in total. The van der Waals surface area contributed by atoms with Crippen molar-refractivity contribution in [1.82, 2.24) is 9.88 Å². The second-order valence-electron chi connectivity index (χ2n) is 7.77. The minimum absolute atomic E-state index is 0.145. The molecule has 0 saturated carbocycles. The van der Waals surface area contributed by atoms with Crippen LogP contribution >= 0.6 is 11.8 Å². The third-order valence-electron chi connectivity index (χ3n) is 5.12. The summed E-state index contributed by atoms with van der Waals surface area (Å²) in [4.78, 5) is 23.1. The predicted octanol–water partition coefficient (Wildman–Crippen LogP) is 5.01. The number of rotatable bonds is 5. The molecule has 0 spiro atoms. The highest BCUT2D eigenvalue weighted by Gasteiger charge is 2.40. The number of carbonyl (C=O) groups is 1. The van der Waals surface area contributed by atoms with Crippen LogP contribution in [0.25, 0.3) is 10.9 Å². The summed E-state index contributed by atoms with van der Waals surface area (Å²) in [5.74, 6) is 1.02. The fourth-order valence-corrected chi connectivity index (χ4v) is 4.87. The van der Waals surface area contributed by atoms with Gasteiger partial charge in [0.1, 0.15) is 0 Å². The summed E-state index contributed by atoms with van der Waals surface area (Å²) in [5, 5.41) is 2.04. The molecule has 0 unspecified atom stereocenters. The normalized spacial score (nSPS) is 17.5. The number of hydrogen-bond acceptors (Lipinski definition) is 3. The summed E-state index contributed by atoms with van der Waals surface area (Å²) in [5.41, 5.74) is 3.26. The monoisotopic (exact) mass is 391 g/mol. The standard InChI is InChI=1S/C23H25N3OS/c1-23(2)16-28-22(25-14-17-8-4-3-5-9-17)26(23)21(27)13-12-18-15-24-20-11-7-6-10-19(18)20/h3-11,15,24H,12-14,16H2,1-2H3. The number of nitrogens with one attached hydrogen (secondary N) is 1. The zero-order valence-corrected chi connectivity index (χ0v) is 17.1.